The fourth-order valence-corrected chi connectivity index (χ4v) is 6.49. The van der Waals surface area contributed by atoms with Crippen LogP contribution in [0.4, 0.5) is 39.5 Å². The Bertz CT molecular complexity index is 815. The van der Waals surface area contributed by atoms with Gasteiger partial charge in [-0.15, -0.1) is 0 Å². The lowest BCUT2D eigenvalue weighted by molar-refractivity contribution is -0.308. The Morgan fingerprint density at radius 2 is 1.52 bits per heavy atom. The maximum atomic E-state index is 15.2. The smallest absolute Gasteiger partial charge is 0.368 e. The van der Waals surface area contributed by atoms with Crippen LogP contribution in [0.3, 0.4) is 0 Å². The highest BCUT2D eigenvalue weighted by Crippen LogP contribution is 2.81. The molecule has 33 heavy (non-hydrogen) atoms. The summed E-state index contributed by atoms with van der Waals surface area (Å²) < 4.78 is 133. The molecule has 0 aromatic heterocycles. The Hall–Kier alpha value is -1.49. The van der Waals surface area contributed by atoms with Crippen LogP contribution in [-0.4, -0.2) is 56.6 Å². The molecule has 1 aromatic rings. The summed E-state index contributed by atoms with van der Waals surface area (Å²) >= 11 is 0. The summed E-state index contributed by atoms with van der Waals surface area (Å²) in [6, 6.07) is 7.51. The predicted molar refractivity (Wildman–Crippen MR) is 102 cm³/mol. The third-order valence-electron chi connectivity index (χ3n) is 7.84. The topological polar surface area (TPSA) is 12.5 Å². The number of rotatable bonds is 9. The molecule has 0 heterocycles. The van der Waals surface area contributed by atoms with E-state index in [4.69, 9.17) is 4.74 Å². The molecule has 1 aromatic carbocycles. The zero-order chi connectivity index (χ0) is 24.9. The zero-order valence-corrected chi connectivity index (χ0v) is 18.2. The van der Waals surface area contributed by atoms with Gasteiger partial charge in [0.2, 0.25) is 0 Å². The maximum absolute atomic E-state index is 15.2. The summed E-state index contributed by atoms with van der Waals surface area (Å²) in [5.41, 5.74) is -7.27. The van der Waals surface area contributed by atoms with Crippen molar-refractivity contribution < 1.29 is 44.3 Å². The van der Waals surface area contributed by atoms with Crippen molar-refractivity contribution in [3.63, 3.8) is 0 Å². The number of ether oxygens (including phenoxy) is 1. The molecule has 2 nitrogen and oxygen atoms in total. The molecule has 0 amide bonds. The third kappa shape index (κ3) is 3.47. The maximum Gasteiger partial charge on any atom is 0.459 e. The number of hydrogen-bond acceptors (Lipinski definition) is 2. The van der Waals surface area contributed by atoms with Crippen molar-refractivity contribution in [3.05, 3.63) is 35.9 Å². The lowest BCUT2D eigenvalue weighted by atomic mass is 9.56. The number of likely N-dealkylation sites (N-methyl/N-ethyl adjacent to an activating group) is 1. The van der Waals surface area contributed by atoms with E-state index in [9.17, 15) is 22.0 Å². The van der Waals surface area contributed by atoms with Crippen LogP contribution in [0.15, 0.2) is 30.3 Å². The molecular weight excluding hydrogens is 465 g/mol. The van der Waals surface area contributed by atoms with E-state index in [1.54, 1.807) is 6.07 Å². The van der Waals surface area contributed by atoms with Gasteiger partial charge in [-0.3, -0.25) is 0 Å². The van der Waals surface area contributed by atoms with Crippen molar-refractivity contribution in [1.82, 2.24) is 4.90 Å². The minimum absolute atomic E-state index is 0.0147. The van der Waals surface area contributed by atoms with Gasteiger partial charge in [0.1, 0.15) is 5.41 Å². The molecule has 3 unspecified atom stereocenters. The van der Waals surface area contributed by atoms with Gasteiger partial charge in [-0.05, 0) is 37.8 Å². The number of halogens is 9. The summed E-state index contributed by atoms with van der Waals surface area (Å²) in [7, 11) is 0.764. The van der Waals surface area contributed by atoms with E-state index >= 15 is 17.6 Å². The minimum atomic E-state index is -4.69. The molecule has 0 aliphatic heterocycles. The van der Waals surface area contributed by atoms with Crippen molar-refractivity contribution in [1.29, 1.82) is 0 Å². The normalized spacial score (nSPS) is 29.8. The molecule has 2 bridgehead atoms. The van der Waals surface area contributed by atoms with Crippen LogP contribution >= 0.6 is 0 Å². The van der Waals surface area contributed by atoms with Crippen LogP contribution in [0.2, 0.25) is 0 Å². The highest BCUT2D eigenvalue weighted by atomic mass is 19.4. The largest absolute Gasteiger partial charge is 0.459 e. The number of hydrogen-bond donors (Lipinski definition) is 0. The highest BCUT2D eigenvalue weighted by Gasteiger charge is 2.88. The summed E-state index contributed by atoms with van der Waals surface area (Å²) in [5, 5.41) is 0. The van der Waals surface area contributed by atoms with Crippen molar-refractivity contribution in [2.45, 2.75) is 49.9 Å². The summed E-state index contributed by atoms with van der Waals surface area (Å²) in [6.07, 6.45) is -5.50. The Balaban J connectivity index is 2.16. The third-order valence-corrected chi connectivity index (χ3v) is 7.84. The molecule has 188 valence electrons. The number of alkyl halides is 9. The van der Waals surface area contributed by atoms with Gasteiger partial charge in [0.25, 0.3) is 11.8 Å². The van der Waals surface area contributed by atoms with Crippen molar-refractivity contribution in [2.75, 3.05) is 33.5 Å². The molecule has 2 saturated carbocycles. The molecule has 2 aliphatic carbocycles. The van der Waals surface area contributed by atoms with Gasteiger partial charge >= 0.3 is 6.30 Å². The molecule has 0 radical (unpaired) electrons. The minimum Gasteiger partial charge on any atom is -0.368 e. The highest BCUT2D eigenvalue weighted by molar-refractivity contribution is 5.37. The second-order valence-electron chi connectivity index (χ2n) is 9.19. The van der Waals surface area contributed by atoms with Crippen molar-refractivity contribution in [3.8, 4) is 0 Å². The molecule has 2 aliphatic rings. The Kier molecular flexibility index (Phi) is 6.59. The van der Waals surface area contributed by atoms with E-state index in [0.29, 0.717) is 0 Å². The number of nitrogens with zero attached hydrogens (tertiary/aromatic N) is 1. The van der Waals surface area contributed by atoms with Gasteiger partial charge in [0, 0.05) is 12.0 Å². The van der Waals surface area contributed by atoms with E-state index in [1.807, 2.05) is 0 Å². The molecular formula is C22H26F9NO. The summed E-state index contributed by atoms with van der Waals surface area (Å²) in [5.74, 6) is -10.7. The molecule has 0 spiro atoms. The van der Waals surface area contributed by atoms with Crippen LogP contribution in [0.25, 0.3) is 0 Å². The standard InChI is InChI=1S/C22H26F9NO/c1-17-9-8-16(21(17,19(25,26)13-23)20(27,28)14-24)12-18(17,15-6-4-3-5-7-15)33-11-10-32(2)22(29,30)31/h3-7,16H,8-14H2,1-2H3. The quantitative estimate of drug-likeness (QED) is 0.294. The van der Waals surface area contributed by atoms with Gasteiger partial charge in [0.05, 0.1) is 12.2 Å². The number of benzene rings is 1. The zero-order valence-electron chi connectivity index (χ0n) is 18.2. The van der Waals surface area contributed by atoms with E-state index in [-0.39, 0.29) is 23.3 Å². The van der Waals surface area contributed by atoms with Crippen molar-refractivity contribution in [2.24, 2.45) is 16.7 Å². The second-order valence-corrected chi connectivity index (χ2v) is 9.19. The first-order valence-corrected chi connectivity index (χ1v) is 10.5. The van der Waals surface area contributed by atoms with Gasteiger partial charge < -0.3 is 4.74 Å². The lowest BCUT2D eigenvalue weighted by Gasteiger charge is -2.54. The Morgan fingerprint density at radius 1 is 0.970 bits per heavy atom. The molecule has 11 heteroatoms. The Morgan fingerprint density at radius 3 is 2.00 bits per heavy atom. The van der Waals surface area contributed by atoms with Crippen LogP contribution in [-0.2, 0) is 10.3 Å². The predicted octanol–water partition coefficient (Wildman–Crippen LogP) is 6.37. The molecule has 2 fully saturated rings. The monoisotopic (exact) mass is 491 g/mol. The van der Waals surface area contributed by atoms with Gasteiger partial charge in [-0.1, -0.05) is 37.3 Å². The molecule has 0 N–H and O–H groups in total. The number of fused-ring (bicyclic) bond motifs is 2. The average molecular weight is 491 g/mol. The average Bonchev–Trinajstić information content (AvgIpc) is 3.19. The SMILES string of the molecule is CN(CCOC1(c2ccccc2)CC2CCC1(C)C2(C(F)(F)CF)C(F)(F)CF)C(F)(F)F. The lowest BCUT2D eigenvalue weighted by Crippen LogP contribution is -2.65. The van der Waals surface area contributed by atoms with E-state index in [0.717, 1.165) is 14.0 Å². The van der Waals surface area contributed by atoms with Gasteiger partial charge in [-0.25, -0.2) is 31.2 Å². The van der Waals surface area contributed by atoms with Gasteiger partial charge in [-0.2, -0.15) is 13.2 Å². The van der Waals surface area contributed by atoms with E-state index < -0.39 is 73.4 Å². The van der Waals surface area contributed by atoms with E-state index in [1.165, 1.54) is 24.3 Å². The van der Waals surface area contributed by atoms with Crippen LogP contribution in [0, 0.1) is 16.7 Å². The van der Waals surface area contributed by atoms with Crippen molar-refractivity contribution >= 4 is 0 Å². The molecule has 0 saturated heterocycles. The van der Waals surface area contributed by atoms with Gasteiger partial charge in [0.15, 0.2) is 13.3 Å². The first kappa shape index (κ1) is 26.1. The van der Waals surface area contributed by atoms with E-state index in [2.05, 4.69) is 0 Å². The van der Waals surface area contributed by atoms with Crippen LogP contribution in [0.5, 0.6) is 0 Å². The fourth-order valence-electron chi connectivity index (χ4n) is 6.49. The Labute approximate surface area is 186 Å². The molecule has 3 rings (SSSR count). The fraction of sp³-hybridized carbons (Fsp3) is 0.727. The first-order valence-electron chi connectivity index (χ1n) is 10.5. The second kappa shape index (κ2) is 8.32. The van der Waals surface area contributed by atoms with Crippen LogP contribution in [0.1, 0.15) is 31.7 Å². The summed E-state index contributed by atoms with van der Waals surface area (Å²) in [4.78, 5) is 0.0147. The first-order chi connectivity index (χ1) is 15.2. The van der Waals surface area contributed by atoms with Crippen LogP contribution < -0.4 is 0 Å². The summed E-state index contributed by atoms with van der Waals surface area (Å²) in [6.45, 7) is -5.04. The molecule has 3 atom stereocenters.